The molecule has 2 N–H and O–H groups in total. The van der Waals surface area contributed by atoms with Crippen LogP contribution in [-0.2, 0) is 6.54 Å². The summed E-state index contributed by atoms with van der Waals surface area (Å²) < 4.78 is 1.01. The summed E-state index contributed by atoms with van der Waals surface area (Å²) in [7, 11) is 0. The lowest BCUT2D eigenvalue weighted by molar-refractivity contribution is 0.230. The highest BCUT2D eigenvalue weighted by Gasteiger charge is 2.28. The van der Waals surface area contributed by atoms with Crippen molar-refractivity contribution in [1.82, 2.24) is 9.80 Å². The molecule has 0 aliphatic carbocycles. The fourth-order valence-electron chi connectivity index (χ4n) is 3.29. The first-order valence-corrected chi connectivity index (χ1v) is 8.02. The molecule has 0 saturated carbocycles. The van der Waals surface area contributed by atoms with E-state index in [2.05, 4.69) is 37.9 Å². The number of hydrogen-bond acceptors (Lipinski definition) is 3. The van der Waals surface area contributed by atoms with Gasteiger partial charge in [0.15, 0.2) is 0 Å². The Morgan fingerprint density at radius 1 is 1.21 bits per heavy atom. The summed E-state index contributed by atoms with van der Waals surface area (Å²) in [5.41, 5.74) is 8.00. The van der Waals surface area contributed by atoms with E-state index in [0.717, 1.165) is 22.7 Å². The van der Waals surface area contributed by atoms with Gasteiger partial charge in [-0.3, -0.25) is 9.80 Å². The summed E-state index contributed by atoms with van der Waals surface area (Å²) in [4.78, 5) is 5.25. The Morgan fingerprint density at radius 2 is 2.00 bits per heavy atom. The van der Waals surface area contributed by atoms with Crippen molar-refractivity contribution in [2.75, 3.05) is 31.9 Å². The standard InChI is InChI=1S/C15H22BrN3/c16-14-9-12(3-4-15(14)17)10-18-8-5-13(11-18)19-6-1-2-7-19/h3-4,9,13H,1-2,5-8,10-11,17H2. The molecule has 1 aromatic rings. The molecule has 4 heteroatoms. The molecule has 2 heterocycles. The number of likely N-dealkylation sites (tertiary alicyclic amines) is 2. The van der Waals surface area contributed by atoms with Crippen LogP contribution in [0.5, 0.6) is 0 Å². The second-order valence-electron chi connectivity index (χ2n) is 5.78. The number of hydrogen-bond donors (Lipinski definition) is 1. The highest BCUT2D eigenvalue weighted by molar-refractivity contribution is 9.10. The van der Waals surface area contributed by atoms with Crippen LogP contribution in [0.4, 0.5) is 5.69 Å². The topological polar surface area (TPSA) is 32.5 Å². The number of halogens is 1. The highest BCUT2D eigenvalue weighted by atomic mass is 79.9. The van der Waals surface area contributed by atoms with Crippen molar-refractivity contribution in [2.45, 2.75) is 31.8 Å². The first-order chi connectivity index (χ1) is 9.22. The van der Waals surface area contributed by atoms with Gasteiger partial charge in [-0.25, -0.2) is 0 Å². The fraction of sp³-hybridized carbons (Fsp3) is 0.600. The molecule has 0 spiro atoms. The molecule has 3 rings (SSSR count). The van der Waals surface area contributed by atoms with Crippen LogP contribution in [0, 0.1) is 0 Å². The molecule has 104 valence electrons. The number of rotatable bonds is 3. The minimum Gasteiger partial charge on any atom is -0.398 e. The number of nitrogens with zero attached hydrogens (tertiary/aromatic N) is 2. The van der Waals surface area contributed by atoms with Crippen LogP contribution < -0.4 is 5.73 Å². The van der Waals surface area contributed by atoms with E-state index in [9.17, 15) is 0 Å². The van der Waals surface area contributed by atoms with E-state index < -0.39 is 0 Å². The normalized spacial score (nSPS) is 25.2. The molecular weight excluding hydrogens is 302 g/mol. The van der Waals surface area contributed by atoms with Gasteiger partial charge in [0.2, 0.25) is 0 Å². The van der Waals surface area contributed by atoms with Crippen molar-refractivity contribution >= 4 is 21.6 Å². The van der Waals surface area contributed by atoms with E-state index in [0.29, 0.717) is 0 Å². The molecule has 3 nitrogen and oxygen atoms in total. The molecule has 1 aromatic carbocycles. The SMILES string of the molecule is Nc1ccc(CN2CCC(N3CCCC3)C2)cc1Br. The minimum absolute atomic E-state index is 0.791. The zero-order valence-electron chi connectivity index (χ0n) is 11.3. The van der Waals surface area contributed by atoms with Crippen LogP contribution >= 0.6 is 15.9 Å². The molecule has 2 aliphatic rings. The van der Waals surface area contributed by atoms with Crippen molar-refractivity contribution in [2.24, 2.45) is 0 Å². The molecule has 0 radical (unpaired) electrons. The van der Waals surface area contributed by atoms with Crippen LogP contribution in [0.2, 0.25) is 0 Å². The zero-order chi connectivity index (χ0) is 13.2. The van der Waals surface area contributed by atoms with Gasteiger partial charge in [-0.05, 0) is 66.0 Å². The monoisotopic (exact) mass is 323 g/mol. The molecule has 0 amide bonds. The molecule has 0 aromatic heterocycles. The summed E-state index contributed by atoms with van der Waals surface area (Å²) in [5, 5.41) is 0. The second-order valence-corrected chi connectivity index (χ2v) is 6.63. The first kappa shape index (κ1) is 13.4. The van der Waals surface area contributed by atoms with Gasteiger partial charge < -0.3 is 5.73 Å². The summed E-state index contributed by atoms with van der Waals surface area (Å²) in [5.74, 6) is 0. The third kappa shape index (κ3) is 3.12. The quantitative estimate of drug-likeness (QED) is 0.868. The maximum absolute atomic E-state index is 5.83. The number of nitrogen functional groups attached to an aromatic ring is 1. The van der Waals surface area contributed by atoms with Crippen molar-refractivity contribution in [3.8, 4) is 0 Å². The Labute approximate surface area is 123 Å². The smallest absolute Gasteiger partial charge is 0.0458 e. The largest absolute Gasteiger partial charge is 0.398 e. The van der Waals surface area contributed by atoms with Gasteiger partial charge in [-0.15, -0.1) is 0 Å². The van der Waals surface area contributed by atoms with Crippen LogP contribution in [-0.4, -0.2) is 42.0 Å². The van der Waals surface area contributed by atoms with Crippen molar-refractivity contribution in [3.05, 3.63) is 28.2 Å². The van der Waals surface area contributed by atoms with Crippen molar-refractivity contribution < 1.29 is 0 Å². The maximum Gasteiger partial charge on any atom is 0.0458 e. The van der Waals surface area contributed by atoms with Gasteiger partial charge in [0.1, 0.15) is 0 Å². The molecule has 0 bridgehead atoms. The van der Waals surface area contributed by atoms with Crippen molar-refractivity contribution in [3.63, 3.8) is 0 Å². The molecule has 2 aliphatic heterocycles. The molecule has 2 fully saturated rings. The average molecular weight is 324 g/mol. The Balaban J connectivity index is 1.57. The molecule has 2 saturated heterocycles. The summed E-state index contributed by atoms with van der Waals surface area (Å²) in [6.07, 6.45) is 4.11. The molecule has 1 atom stereocenters. The Kier molecular flexibility index (Phi) is 4.10. The van der Waals surface area contributed by atoms with Crippen LogP contribution in [0.1, 0.15) is 24.8 Å². The molecule has 19 heavy (non-hydrogen) atoms. The summed E-state index contributed by atoms with van der Waals surface area (Å²) >= 11 is 3.51. The lowest BCUT2D eigenvalue weighted by Gasteiger charge is -2.23. The van der Waals surface area contributed by atoms with E-state index in [4.69, 9.17) is 5.73 Å². The summed E-state index contributed by atoms with van der Waals surface area (Å²) in [6, 6.07) is 7.08. The van der Waals surface area contributed by atoms with Gasteiger partial charge in [-0.1, -0.05) is 6.07 Å². The third-order valence-electron chi connectivity index (χ3n) is 4.38. The van der Waals surface area contributed by atoms with E-state index in [-0.39, 0.29) is 0 Å². The Morgan fingerprint density at radius 3 is 2.74 bits per heavy atom. The van der Waals surface area contributed by atoms with Crippen LogP contribution in [0.15, 0.2) is 22.7 Å². The van der Waals surface area contributed by atoms with Crippen LogP contribution in [0.25, 0.3) is 0 Å². The zero-order valence-corrected chi connectivity index (χ0v) is 12.9. The lowest BCUT2D eigenvalue weighted by atomic mass is 10.2. The maximum atomic E-state index is 5.83. The van der Waals surface area contributed by atoms with Gasteiger partial charge >= 0.3 is 0 Å². The predicted molar refractivity (Wildman–Crippen MR) is 83.0 cm³/mol. The number of benzene rings is 1. The summed E-state index contributed by atoms with van der Waals surface area (Å²) in [6.45, 7) is 6.12. The average Bonchev–Trinajstić information content (AvgIpc) is 3.04. The third-order valence-corrected chi connectivity index (χ3v) is 5.06. The number of nitrogens with two attached hydrogens (primary N) is 1. The van der Waals surface area contributed by atoms with E-state index in [1.807, 2.05) is 6.07 Å². The van der Waals surface area contributed by atoms with Crippen molar-refractivity contribution in [1.29, 1.82) is 0 Å². The Bertz CT molecular complexity index is 443. The van der Waals surface area contributed by atoms with E-state index in [1.54, 1.807) is 0 Å². The number of anilines is 1. The first-order valence-electron chi connectivity index (χ1n) is 7.23. The highest BCUT2D eigenvalue weighted by Crippen LogP contribution is 2.24. The molecule has 1 unspecified atom stereocenters. The second kappa shape index (κ2) is 5.81. The van der Waals surface area contributed by atoms with E-state index in [1.165, 1.54) is 51.0 Å². The Hall–Kier alpha value is -0.580. The van der Waals surface area contributed by atoms with E-state index >= 15 is 0 Å². The van der Waals surface area contributed by atoms with Gasteiger partial charge in [0.25, 0.3) is 0 Å². The predicted octanol–water partition coefficient (Wildman–Crippen LogP) is 2.70. The van der Waals surface area contributed by atoms with Gasteiger partial charge in [0, 0.05) is 35.8 Å². The van der Waals surface area contributed by atoms with Gasteiger partial charge in [-0.2, -0.15) is 0 Å². The minimum atomic E-state index is 0.791. The fourth-order valence-corrected chi connectivity index (χ4v) is 3.71. The van der Waals surface area contributed by atoms with Gasteiger partial charge in [0.05, 0.1) is 0 Å². The molecular formula is C15H22BrN3. The van der Waals surface area contributed by atoms with Crippen LogP contribution in [0.3, 0.4) is 0 Å². The lowest BCUT2D eigenvalue weighted by Crippen LogP contribution is -2.35.